The van der Waals surface area contributed by atoms with Crippen molar-refractivity contribution in [3.8, 4) is 0 Å². The molecule has 2 rings (SSSR count). The molecule has 0 unspecified atom stereocenters. The predicted molar refractivity (Wildman–Crippen MR) is 105 cm³/mol. The van der Waals surface area contributed by atoms with E-state index < -0.39 is 10.0 Å². The van der Waals surface area contributed by atoms with Gasteiger partial charge in [-0.25, -0.2) is 8.42 Å². The molecule has 0 aliphatic heterocycles. The number of hydrogen-bond acceptors (Lipinski definition) is 4. The molecule has 0 saturated heterocycles. The van der Waals surface area contributed by atoms with E-state index in [0.717, 1.165) is 21.0 Å². The maximum absolute atomic E-state index is 12.4. The maximum Gasteiger partial charge on any atom is 0.245 e. The van der Waals surface area contributed by atoms with Crippen molar-refractivity contribution in [2.75, 3.05) is 28.7 Å². The van der Waals surface area contributed by atoms with Gasteiger partial charge in [0.25, 0.3) is 0 Å². The summed E-state index contributed by atoms with van der Waals surface area (Å²) in [5, 5.41) is 2.77. The van der Waals surface area contributed by atoms with Crippen LogP contribution in [-0.2, 0) is 21.2 Å². The first-order valence-corrected chi connectivity index (χ1v) is 10.9. The molecule has 0 fully saturated rings. The molecule has 2 aromatic rings. The fraction of sp³-hybridized carbons (Fsp3) is 0.278. The Labute approximate surface area is 153 Å². The minimum Gasteiger partial charge on any atom is -0.324 e. The molecule has 0 bridgehead atoms. The average molecular weight is 379 g/mol. The average Bonchev–Trinajstić information content (AvgIpc) is 2.59. The van der Waals surface area contributed by atoms with Gasteiger partial charge in [0, 0.05) is 10.6 Å². The number of aryl methyl sites for hydroxylation is 1. The summed E-state index contributed by atoms with van der Waals surface area (Å²) in [7, 11) is -3.58. The third-order valence-electron chi connectivity index (χ3n) is 3.68. The number of nitrogens with zero attached hydrogens (tertiary/aromatic N) is 1. The van der Waals surface area contributed by atoms with Gasteiger partial charge < -0.3 is 5.32 Å². The molecule has 0 aliphatic rings. The number of carbonyl (C=O) groups excluding carboxylic acids is 1. The molecule has 1 N–H and O–H groups in total. The fourth-order valence-electron chi connectivity index (χ4n) is 2.47. The Morgan fingerprint density at radius 2 is 1.88 bits per heavy atom. The van der Waals surface area contributed by atoms with Crippen LogP contribution in [0.15, 0.2) is 53.4 Å². The van der Waals surface area contributed by atoms with Crippen LogP contribution in [-0.4, -0.2) is 33.4 Å². The molecule has 1 amide bonds. The summed E-state index contributed by atoms with van der Waals surface area (Å²) >= 11 is 1.57. The van der Waals surface area contributed by atoms with Crippen molar-refractivity contribution < 1.29 is 13.2 Å². The molecule has 0 spiro atoms. The predicted octanol–water partition coefficient (Wildman–Crippen LogP) is 3.38. The Kier molecular flexibility index (Phi) is 6.50. The van der Waals surface area contributed by atoms with E-state index in [1.54, 1.807) is 30.0 Å². The second-order valence-electron chi connectivity index (χ2n) is 5.53. The van der Waals surface area contributed by atoms with Gasteiger partial charge in [-0.15, -0.1) is 11.8 Å². The molecule has 7 heteroatoms. The van der Waals surface area contributed by atoms with Crippen LogP contribution in [0.25, 0.3) is 0 Å². The number of benzene rings is 2. The zero-order valence-electron chi connectivity index (χ0n) is 14.5. The van der Waals surface area contributed by atoms with Crippen LogP contribution in [0.3, 0.4) is 0 Å². The highest BCUT2D eigenvalue weighted by atomic mass is 32.2. The normalized spacial score (nSPS) is 11.2. The number of anilines is 2. The topological polar surface area (TPSA) is 66.5 Å². The van der Waals surface area contributed by atoms with Gasteiger partial charge in [-0.2, -0.15) is 0 Å². The standard InChI is InChI=1S/C18H22N2O3S2/c1-4-14-8-5-6-11-17(14)20(25(3,22)23)13-18(21)19-15-9-7-10-16(12-15)24-2/h5-12H,4,13H2,1-3H3,(H,19,21). The minimum atomic E-state index is -3.58. The maximum atomic E-state index is 12.4. The number of thioether (sulfide) groups is 1. The molecule has 0 saturated carbocycles. The van der Waals surface area contributed by atoms with Crippen LogP contribution in [0.2, 0.25) is 0 Å². The lowest BCUT2D eigenvalue weighted by Gasteiger charge is -2.24. The first kappa shape index (κ1) is 19.3. The lowest BCUT2D eigenvalue weighted by molar-refractivity contribution is -0.114. The number of carbonyl (C=O) groups is 1. The van der Waals surface area contributed by atoms with Gasteiger partial charge in [-0.3, -0.25) is 9.10 Å². The van der Waals surface area contributed by atoms with E-state index in [0.29, 0.717) is 17.8 Å². The Balaban J connectivity index is 2.24. The molecule has 0 aliphatic carbocycles. The van der Waals surface area contributed by atoms with Crippen LogP contribution in [0.5, 0.6) is 0 Å². The van der Waals surface area contributed by atoms with Crippen molar-refractivity contribution in [2.45, 2.75) is 18.2 Å². The SMILES string of the molecule is CCc1ccccc1N(CC(=O)Nc1cccc(SC)c1)S(C)(=O)=O. The number of amides is 1. The van der Waals surface area contributed by atoms with Crippen LogP contribution < -0.4 is 9.62 Å². The zero-order valence-corrected chi connectivity index (χ0v) is 16.2. The number of hydrogen-bond donors (Lipinski definition) is 1. The van der Waals surface area contributed by atoms with Gasteiger partial charge in [0.2, 0.25) is 15.9 Å². The molecule has 2 aromatic carbocycles. The van der Waals surface area contributed by atoms with Crippen molar-refractivity contribution in [3.05, 3.63) is 54.1 Å². The summed E-state index contributed by atoms with van der Waals surface area (Å²) in [4.78, 5) is 13.4. The smallest absolute Gasteiger partial charge is 0.245 e. The van der Waals surface area contributed by atoms with Gasteiger partial charge in [-0.1, -0.05) is 31.2 Å². The lowest BCUT2D eigenvalue weighted by Crippen LogP contribution is -2.38. The van der Waals surface area contributed by atoms with Gasteiger partial charge in [0.05, 0.1) is 11.9 Å². The van der Waals surface area contributed by atoms with E-state index in [2.05, 4.69) is 5.32 Å². The van der Waals surface area contributed by atoms with Crippen LogP contribution in [0.4, 0.5) is 11.4 Å². The quantitative estimate of drug-likeness (QED) is 0.750. The Morgan fingerprint density at radius 1 is 1.16 bits per heavy atom. The molecule has 0 atom stereocenters. The van der Waals surface area contributed by atoms with Gasteiger partial charge >= 0.3 is 0 Å². The fourth-order valence-corrected chi connectivity index (χ4v) is 3.81. The van der Waals surface area contributed by atoms with Crippen molar-refractivity contribution in [1.29, 1.82) is 0 Å². The van der Waals surface area contributed by atoms with Crippen molar-refractivity contribution in [1.82, 2.24) is 0 Å². The van der Waals surface area contributed by atoms with Gasteiger partial charge in [0.15, 0.2) is 0 Å². The van der Waals surface area contributed by atoms with E-state index in [4.69, 9.17) is 0 Å². The molecule has 0 heterocycles. The van der Waals surface area contributed by atoms with E-state index in [1.165, 1.54) is 0 Å². The van der Waals surface area contributed by atoms with E-state index in [9.17, 15) is 13.2 Å². The van der Waals surface area contributed by atoms with Crippen LogP contribution in [0.1, 0.15) is 12.5 Å². The summed E-state index contributed by atoms with van der Waals surface area (Å²) in [6, 6.07) is 14.6. The third kappa shape index (κ3) is 5.24. The Morgan fingerprint density at radius 3 is 2.52 bits per heavy atom. The second kappa shape index (κ2) is 8.40. The van der Waals surface area contributed by atoms with Gasteiger partial charge in [0.1, 0.15) is 6.54 Å². The summed E-state index contributed by atoms with van der Waals surface area (Å²) in [6.07, 6.45) is 3.74. The van der Waals surface area contributed by atoms with Crippen molar-refractivity contribution in [3.63, 3.8) is 0 Å². The molecular formula is C18H22N2O3S2. The number of sulfonamides is 1. The third-order valence-corrected chi connectivity index (χ3v) is 5.53. The molecule has 0 aromatic heterocycles. The van der Waals surface area contributed by atoms with Crippen molar-refractivity contribution in [2.24, 2.45) is 0 Å². The largest absolute Gasteiger partial charge is 0.324 e. The minimum absolute atomic E-state index is 0.265. The monoisotopic (exact) mass is 378 g/mol. The molecular weight excluding hydrogens is 356 g/mol. The zero-order chi connectivity index (χ0) is 18.4. The summed E-state index contributed by atoms with van der Waals surface area (Å²) in [5.41, 5.74) is 2.07. The Hall–Kier alpha value is -1.99. The highest BCUT2D eigenvalue weighted by Gasteiger charge is 2.22. The summed E-state index contributed by atoms with van der Waals surface area (Å²) in [6.45, 7) is 1.69. The lowest BCUT2D eigenvalue weighted by atomic mass is 10.1. The number of nitrogens with one attached hydrogen (secondary N) is 1. The molecule has 134 valence electrons. The summed E-state index contributed by atoms with van der Waals surface area (Å²) in [5.74, 6) is -0.380. The van der Waals surface area contributed by atoms with E-state index in [-0.39, 0.29) is 12.5 Å². The van der Waals surface area contributed by atoms with Crippen molar-refractivity contribution >= 4 is 39.1 Å². The van der Waals surface area contributed by atoms with Crippen LogP contribution >= 0.6 is 11.8 Å². The molecule has 0 radical (unpaired) electrons. The summed E-state index contributed by atoms with van der Waals surface area (Å²) < 4.78 is 25.6. The Bertz CT molecular complexity index is 851. The highest BCUT2D eigenvalue weighted by molar-refractivity contribution is 7.98. The van der Waals surface area contributed by atoms with E-state index in [1.807, 2.05) is 43.5 Å². The second-order valence-corrected chi connectivity index (χ2v) is 8.32. The number of rotatable bonds is 7. The molecule has 25 heavy (non-hydrogen) atoms. The van der Waals surface area contributed by atoms with E-state index >= 15 is 0 Å². The first-order chi connectivity index (χ1) is 11.8. The highest BCUT2D eigenvalue weighted by Crippen LogP contribution is 2.24. The number of para-hydroxylation sites is 1. The van der Waals surface area contributed by atoms with Crippen LogP contribution in [0, 0.1) is 0 Å². The van der Waals surface area contributed by atoms with Gasteiger partial charge in [-0.05, 0) is 42.5 Å². The molecule has 5 nitrogen and oxygen atoms in total. The first-order valence-electron chi connectivity index (χ1n) is 7.84.